The van der Waals surface area contributed by atoms with E-state index in [1.165, 1.54) is 23.8 Å². The molecule has 3 aromatic rings. The summed E-state index contributed by atoms with van der Waals surface area (Å²) in [6.07, 6.45) is 2.77. The summed E-state index contributed by atoms with van der Waals surface area (Å²) >= 11 is 0. The van der Waals surface area contributed by atoms with E-state index >= 15 is 0 Å². The summed E-state index contributed by atoms with van der Waals surface area (Å²) in [5.74, 6) is -1.18. The number of fused-ring (bicyclic) bond motifs is 1. The Kier molecular flexibility index (Phi) is 3.86. The molecule has 0 radical (unpaired) electrons. The second-order valence-corrected chi connectivity index (χ2v) is 5.70. The molecule has 0 fully saturated rings. The molecular weight excluding hydrogens is 296 g/mol. The molecule has 0 aliphatic rings. The summed E-state index contributed by atoms with van der Waals surface area (Å²) < 4.78 is 27.8. The first-order valence-electron chi connectivity index (χ1n) is 7.32. The SMILES string of the molecule is CC(C)=CCc1ccc2[nH]c(-c3c(F)cccc3F)nc2c1N. The Morgan fingerprint density at radius 1 is 1.17 bits per heavy atom. The maximum Gasteiger partial charge on any atom is 0.144 e. The van der Waals surface area contributed by atoms with E-state index in [1.54, 1.807) is 0 Å². The predicted molar refractivity (Wildman–Crippen MR) is 89.0 cm³/mol. The fraction of sp³-hybridized carbons (Fsp3) is 0.167. The van der Waals surface area contributed by atoms with Gasteiger partial charge in [-0.3, -0.25) is 0 Å². The Balaban J connectivity index is 2.13. The van der Waals surface area contributed by atoms with Gasteiger partial charge >= 0.3 is 0 Å². The van der Waals surface area contributed by atoms with Crippen LogP contribution in [0.25, 0.3) is 22.4 Å². The van der Waals surface area contributed by atoms with Crippen LogP contribution in [0.15, 0.2) is 42.0 Å². The number of hydrogen-bond donors (Lipinski definition) is 2. The van der Waals surface area contributed by atoms with Gasteiger partial charge in [-0.2, -0.15) is 0 Å². The van der Waals surface area contributed by atoms with Crippen LogP contribution < -0.4 is 5.73 Å². The molecule has 0 atom stereocenters. The topological polar surface area (TPSA) is 54.7 Å². The lowest BCUT2D eigenvalue weighted by Gasteiger charge is -2.03. The molecule has 23 heavy (non-hydrogen) atoms. The van der Waals surface area contributed by atoms with Crippen LogP contribution in [0.4, 0.5) is 14.5 Å². The highest BCUT2D eigenvalue weighted by Crippen LogP contribution is 2.29. The Labute approximate surface area is 132 Å². The molecule has 0 aliphatic heterocycles. The van der Waals surface area contributed by atoms with Crippen molar-refractivity contribution in [2.75, 3.05) is 5.73 Å². The first-order chi connectivity index (χ1) is 11.0. The third-order valence-corrected chi connectivity index (χ3v) is 3.71. The molecule has 0 unspecified atom stereocenters. The standard InChI is InChI=1S/C18H17F2N3/c1-10(2)6-7-11-8-9-14-17(16(11)21)23-18(22-14)15-12(19)4-3-5-13(15)20/h3-6,8-9H,7,21H2,1-2H3,(H,22,23). The van der Waals surface area contributed by atoms with Crippen LogP contribution in [0.1, 0.15) is 19.4 Å². The molecule has 1 aromatic heterocycles. The molecule has 0 saturated carbocycles. The molecule has 0 bridgehead atoms. The fourth-order valence-electron chi connectivity index (χ4n) is 2.47. The highest BCUT2D eigenvalue weighted by Gasteiger charge is 2.16. The Bertz CT molecular complexity index is 886. The molecule has 2 aromatic carbocycles. The van der Waals surface area contributed by atoms with Gasteiger partial charge in [0.25, 0.3) is 0 Å². The van der Waals surface area contributed by atoms with Crippen molar-refractivity contribution in [3.8, 4) is 11.4 Å². The highest BCUT2D eigenvalue weighted by molar-refractivity contribution is 5.91. The number of imidazole rings is 1. The smallest absolute Gasteiger partial charge is 0.144 e. The van der Waals surface area contributed by atoms with Crippen LogP contribution in [-0.4, -0.2) is 9.97 Å². The minimum Gasteiger partial charge on any atom is -0.397 e. The molecule has 3 rings (SSSR count). The number of nitrogens with two attached hydrogens (primary N) is 1. The fourth-order valence-corrected chi connectivity index (χ4v) is 2.47. The lowest BCUT2D eigenvalue weighted by atomic mass is 10.1. The van der Waals surface area contributed by atoms with E-state index in [0.29, 0.717) is 23.1 Å². The number of nitrogens with zero attached hydrogens (tertiary/aromatic N) is 1. The van der Waals surface area contributed by atoms with Gasteiger partial charge < -0.3 is 10.7 Å². The van der Waals surface area contributed by atoms with E-state index < -0.39 is 11.6 Å². The van der Waals surface area contributed by atoms with Gasteiger partial charge in [0.15, 0.2) is 0 Å². The molecule has 3 N–H and O–H groups in total. The quantitative estimate of drug-likeness (QED) is 0.548. The largest absolute Gasteiger partial charge is 0.397 e. The Morgan fingerprint density at radius 2 is 1.87 bits per heavy atom. The van der Waals surface area contributed by atoms with Crippen molar-refractivity contribution in [2.45, 2.75) is 20.3 Å². The molecule has 5 heteroatoms. The number of nitrogen functional groups attached to an aromatic ring is 1. The zero-order valence-electron chi connectivity index (χ0n) is 13.0. The van der Waals surface area contributed by atoms with Gasteiger partial charge in [0.2, 0.25) is 0 Å². The van der Waals surface area contributed by atoms with Gasteiger partial charge in [-0.15, -0.1) is 0 Å². The van der Waals surface area contributed by atoms with Crippen LogP contribution in [0.5, 0.6) is 0 Å². The van der Waals surface area contributed by atoms with E-state index in [9.17, 15) is 8.78 Å². The number of H-pyrrole nitrogens is 1. The first-order valence-corrected chi connectivity index (χ1v) is 7.32. The summed E-state index contributed by atoms with van der Waals surface area (Å²) in [4.78, 5) is 7.25. The average molecular weight is 313 g/mol. The summed E-state index contributed by atoms with van der Waals surface area (Å²) in [5, 5.41) is 0. The summed E-state index contributed by atoms with van der Waals surface area (Å²) in [6, 6.07) is 7.46. The number of halogens is 2. The van der Waals surface area contributed by atoms with Crippen molar-refractivity contribution in [3.05, 3.63) is 59.2 Å². The number of anilines is 1. The van der Waals surface area contributed by atoms with E-state index in [4.69, 9.17) is 5.73 Å². The third kappa shape index (κ3) is 2.82. The van der Waals surface area contributed by atoms with Crippen molar-refractivity contribution in [2.24, 2.45) is 0 Å². The second-order valence-electron chi connectivity index (χ2n) is 5.70. The van der Waals surface area contributed by atoms with Crippen molar-refractivity contribution in [1.82, 2.24) is 9.97 Å². The van der Waals surface area contributed by atoms with E-state index in [0.717, 1.165) is 5.56 Å². The lowest BCUT2D eigenvalue weighted by Crippen LogP contribution is -1.95. The zero-order valence-corrected chi connectivity index (χ0v) is 13.0. The maximum atomic E-state index is 13.9. The third-order valence-electron chi connectivity index (χ3n) is 3.71. The second kappa shape index (κ2) is 5.83. The molecule has 0 spiro atoms. The number of rotatable bonds is 3. The molecule has 0 saturated heterocycles. The van der Waals surface area contributed by atoms with Gasteiger partial charge in [-0.25, -0.2) is 13.8 Å². The van der Waals surface area contributed by atoms with Crippen molar-refractivity contribution in [1.29, 1.82) is 0 Å². The van der Waals surface area contributed by atoms with Gasteiger partial charge in [0.1, 0.15) is 23.0 Å². The Morgan fingerprint density at radius 3 is 2.52 bits per heavy atom. The summed E-state index contributed by atoms with van der Waals surface area (Å²) in [7, 11) is 0. The van der Waals surface area contributed by atoms with E-state index in [1.807, 2.05) is 26.0 Å². The number of aromatic amines is 1. The van der Waals surface area contributed by atoms with Crippen LogP contribution >= 0.6 is 0 Å². The minimum atomic E-state index is -0.660. The lowest BCUT2D eigenvalue weighted by molar-refractivity contribution is 0.588. The van der Waals surface area contributed by atoms with Gasteiger partial charge in [-0.1, -0.05) is 23.8 Å². The van der Waals surface area contributed by atoms with Gasteiger partial charge in [0.05, 0.1) is 16.8 Å². The zero-order chi connectivity index (χ0) is 16.6. The summed E-state index contributed by atoms with van der Waals surface area (Å²) in [6.45, 7) is 4.03. The van der Waals surface area contributed by atoms with Crippen LogP contribution in [-0.2, 0) is 6.42 Å². The molecule has 0 aliphatic carbocycles. The maximum absolute atomic E-state index is 13.9. The predicted octanol–water partition coefficient (Wildman–Crippen LogP) is 4.60. The number of hydrogen-bond acceptors (Lipinski definition) is 2. The van der Waals surface area contributed by atoms with E-state index in [2.05, 4.69) is 16.0 Å². The number of allylic oxidation sites excluding steroid dienone is 2. The monoisotopic (exact) mass is 313 g/mol. The normalized spacial score (nSPS) is 11.0. The highest BCUT2D eigenvalue weighted by atomic mass is 19.1. The van der Waals surface area contributed by atoms with Crippen LogP contribution in [0, 0.1) is 11.6 Å². The van der Waals surface area contributed by atoms with Crippen molar-refractivity contribution in [3.63, 3.8) is 0 Å². The van der Waals surface area contributed by atoms with Crippen molar-refractivity contribution < 1.29 is 8.78 Å². The number of aromatic nitrogens is 2. The van der Waals surface area contributed by atoms with Crippen LogP contribution in [0.2, 0.25) is 0 Å². The van der Waals surface area contributed by atoms with Gasteiger partial charge in [-0.05, 0) is 44.0 Å². The summed E-state index contributed by atoms with van der Waals surface area (Å²) in [5.41, 5.74) is 9.84. The van der Waals surface area contributed by atoms with E-state index in [-0.39, 0.29) is 11.4 Å². The Hall–Kier alpha value is -2.69. The molecule has 1 heterocycles. The molecule has 3 nitrogen and oxygen atoms in total. The molecule has 0 amide bonds. The average Bonchev–Trinajstić information content (AvgIpc) is 2.91. The molecule has 118 valence electrons. The molecular formula is C18H17F2N3. The van der Waals surface area contributed by atoms with Crippen LogP contribution in [0.3, 0.4) is 0 Å². The number of benzene rings is 2. The number of nitrogens with one attached hydrogen (secondary N) is 1. The first kappa shape index (κ1) is 15.2. The minimum absolute atomic E-state index is 0.140. The van der Waals surface area contributed by atoms with Crippen molar-refractivity contribution >= 4 is 16.7 Å². The van der Waals surface area contributed by atoms with Gasteiger partial charge in [0, 0.05) is 0 Å².